The van der Waals surface area contributed by atoms with Gasteiger partial charge >= 0.3 is 0 Å². The molecule has 1 fully saturated rings. The highest BCUT2D eigenvalue weighted by atomic mass is 35.5. The molecule has 4 nitrogen and oxygen atoms in total. The SMILES string of the molecule is CN(CC(=O)Nc1ccccc1)C(=O)[C@@]1(C)CC1(Cl)Cl. The molecule has 1 aliphatic carbocycles. The molecular weight excluding hydrogens is 299 g/mol. The number of amides is 2. The number of likely N-dealkylation sites (N-methyl/N-ethyl adjacent to an activating group) is 1. The Labute approximate surface area is 128 Å². The Morgan fingerprint density at radius 3 is 2.35 bits per heavy atom. The molecule has 0 radical (unpaired) electrons. The van der Waals surface area contributed by atoms with Gasteiger partial charge in [0.2, 0.25) is 11.8 Å². The van der Waals surface area contributed by atoms with Crippen LogP contribution in [0.4, 0.5) is 5.69 Å². The van der Waals surface area contributed by atoms with Gasteiger partial charge in [-0.1, -0.05) is 18.2 Å². The first-order valence-corrected chi connectivity index (χ1v) is 7.00. The smallest absolute Gasteiger partial charge is 0.243 e. The Morgan fingerprint density at radius 1 is 1.30 bits per heavy atom. The molecule has 2 rings (SSSR count). The van der Waals surface area contributed by atoms with Crippen molar-refractivity contribution in [3.05, 3.63) is 30.3 Å². The molecule has 1 N–H and O–H groups in total. The van der Waals surface area contributed by atoms with E-state index < -0.39 is 9.75 Å². The van der Waals surface area contributed by atoms with Crippen molar-refractivity contribution in [2.24, 2.45) is 5.41 Å². The number of hydrogen-bond acceptors (Lipinski definition) is 2. The molecule has 0 aromatic heterocycles. The van der Waals surface area contributed by atoms with Crippen molar-refractivity contribution >= 4 is 40.7 Å². The highest BCUT2D eigenvalue weighted by Crippen LogP contribution is 2.64. The summed E-state index contributed by atoms with van der Waals surface area (Å²) >= 11 is 11.9. The number of alkyl halides is 2. The van der Waals surface area contributed by atoms with E-state index in [4.69, 9.17) is 23.2 Å². The van der Waals surface area contributed by atoms with Crippen LogP contribution in [-0.4, -0.2) is 34.6 Å². The van der Waals surface area contributed by atoms with Crippen molar-refractivity contribution in [1.29, 1.82) is 0 Å². The van der Waals surface area contributed by atoms with Gasteiger partial charge in [0.15, 0.2) is 0 Å². The zero-order chi connectivity index (χ0) is 15.0. The third kappa shape index (κ3) is 2.91. The van der Waals surface area contributed by atoms with Gasteiger partial charge in [-0.2, -0.15) is 0 Å². The number of rotatable bonds is 4. The Hall–Kier alpha value is -1.26. The Morgan fingerprint density at radius 2 is 1.85 bits per heavy atom. The summed E-state index contributed by atoms with van der Waals surface area (Å²) in [7, 11) is 1.57. The lowest BCUT2D eigenvalue weighted by atomic mass is 10.1. The summed E-state index contributed by atoms with van der Waals surface area (Å²) in [5.41, 5.74) is -0.0993. The van der Waals surface area contributed by atoms with Gasteiger partial charge < -0.3 is 10.2 Å². The van der Waals surface area contributed by atoms with Gasteiger partial charge in [0.25, 0.3) is 0 Å². The summed E-state index contributed by atoms with van der Waals surface area (Å²) in [6.07, 6.45) is 0.409. The molecule has 2 amide bonds. The summed E-state index contributed by atoms with van der Waals surface area (Å²) < 4.78 is -1.02. The minimum Gasteiger partial charge on any atom is -0.336 e. The van der Waals surface area contributed by atoms with Gasteiger partial charge in [-0.15, -0.1) is 23.2 Å². The van der Waals surface area contributed by atoms with E-state index in [1.165, 1.54) is 4.90 Å². The fraction of sp³-hybridized carbons (Fsp3) is 0.429. The number of para-hydroxylation sites is 1. The van der Waals surface area contributed by atoms with Crippen LogP contribution in [0.2, 0.25) is 0 Å². The first-order valence-electron chi connectivity index (χ1n) is 6.24. The molecule has 6 heteroatoms. The number of benzene rings is 1. The summed E-state index contributed by atoms with van der Waals surface area (Å²) in [6.45, 7) is 1.67. The fourth-order valence-corrected chi connectivity index (χ4v) is 2.76. The monoisotopic (exact) mass is 314 g/mol. The third-order valence-corrected chi connectivity index (χ3v) is 4.62. The summed E-state index contributed by atoms with van der Waals surface area (Å²) in [5.74, 6) is -0.475. The van der Waals surface area contributed by atoms with Crippen molar-refractivity contribution in [2.45, 2.75) is 17.7 Å². The van der Waals surface area contributed by atoms with Crippen LogP contribution in [0.1, 0.15) is 13.3 Å². The van der Waals surface area contributed by atoms with E-state index in [-0.39, 0.29) is 18.4 Å². The largest absolute Gasteiger partial charge is 0.336 e. The number of nitrogens with zero attached hydrogens (tertiary/aromatic N) is 1. The van der Waals surface area contributed by atoms with Crippen LogP contribution in [-0.2, 0) is 9.59 Å². The minimum atomic E-state index is -1.02. The highest BCUT2D eigenvalue weighted by molar-refractivity contribution is 6.53. The molecular formula is C14H16Cl2N2O2. The van der Waals surface area contributed by atoms with Crippen molar-refractivity contribution < 1.29 is 9.59 Å². The first-order chi connectivity index (χ1) is 9.26. The highest BCUT2D eigenvalue weighted by Gasteiger charge is 2.68. The van der Waals surface area contributed by atoms with Gasteiger partial charge in [0, 0.05) is 12.7 Å². The van der Waals surface area contributed by atoms with Gasteiger partial charge in [0.1, 0.15) is 4.33 Å². The van der Waals surface area contributed by atoms with E-state index in [0.717, 1.165) is 0 Å². The molecule has 1 aliphatic rings. The average molecular weight is 315 g/mol. The van der Waals surface area contributed by atoms with Gasteiger partial charge in [-0.05, 0) is 25.5 Å². The average Bonchev–Trinajstić information content (AvgIpc) is 2.89. The van der Waals surface area contributed by atoms with E-state index in [0.29, 0.717) is 12.1 Å². The third-order valence-electron chi connectivity index (χ3n) is 3.51. The van der Waals surface area contributed by atoms with E-state index in [2.05, 4.69) is 5.32 Å². The number of halogens is 2. The first kappa shape index (κ1) is 15.1. The quantitative estimate of drug-likeness (QED) is 0.869. The summed E-state index contributed by atoms with van der Waals surface area (Å²) in [6, 6.07) is 9.07. The molecule has 108 valence electrons. The molecule has 20 heavy (non-hydrogen) atoms. The van der Waals surface area contributed by atoms with Gasteiger partial charge in [-0.25, -0.2) is 0 Å². The summed E-state index contributed by atoms with van der Waals surface area (Å²) in [4.78, 5) is 25.4. The summed E-state index contributed by atoms with van der Waals surface area (Å²) in [5, 5.41) is 2.72. The van der Waals surface area contributed by atoms with Crippen molar-refractivity contribution in [3.8, 4) is 0 Å². The predicted molar refractivity (Wildman–Crippen MR) is 79.9 cm³/mol. The molecule has 0 heterocycles. The van der Waals surface area contributed by atoms with Crippen LogP contribution in [0.15, 0.2) is 30.3 Å². The molecule has 0 aliphatic heterocycles. The standard InChI is InChI=1S/C14H16Cl2N2O2/c1-13(9-14(13,15)16)12(20)18(2)8-11(19)17-10-6-4-3-5-7-10/h3-7H,8-9H2,1-2H3,(H,17,19)/t13-/m1/s1. The van der Waals surface area contributed by atoms with Crippen molar-refractivity contribution in [1.82, 2.24) is 4.90 Å². The topological polar surface area (TPSA) is 49.4 Å². The van der Waals surface area contributed by atoms with Crippen molar-refractivity contribution in [3.63, 3.8) is 0 Å². The van der Waals surface area contributed by atoms with Crippen LogP contribution < -0.4 is 5.32 Å². The van der Waals surface area contributed by atoms with E-state index in [1.54, 1.807) is 26.1 Å². The zero-order valence-electron chi connectivity index (χ0n) is 11.3. The predicted octanol–water partition coefficient (Wildman–Crippen LogP) is 2.67. The number of nitrogens with one attached hydrogen (secondary N) is 1. The van der Waals surface area contributed by atoms with Crippen LogP contribution in [0, 0.1) is 5.41 Å². The van der Waals surface area contributed by atoms with E-state index in [1.807, 2.05) is 18.2 Å². The lowest BCUT2D eigenvalue weighted by Gasteiger charge is -2.21. The maximum absolute atomic E-state index is 12.2. The van der Waals surface area contributed by atoms with E-state index >= 15 is 0 Å². The maximum Gasteiger partial charge on any atom is 0.243 e. The molecule has 0 bridgehead atoms. The second-order valence-corrected chi connectivity index (χ2v) is 6.77. The second-order valence-electron chi connectivity index (χ2n) is 5.29. The van der Waals surface area contributed by atoms with Crippen LogP contribution >= 0.6 is 23.2 Å². The Bertz CT molecular complexity index is 533. The maximum atomic E-state index is 12.2. The van der Waals surface area contributed by atoms with Crippen LogP contribution in [0.25, 0.3) is 0 Å². The number of carbonyl (C=O) groups excluding carboxylic acids is 2. The molecule has 0 saturated heterocycles. The van der Waals surface area contributed by atoms with Gasteiger partial charge in [-0.3, -0.25) is 9.59 Å². The lowest BCUT2D eigenvalue weighted by molar-refractivity contribution is -0.137. The van der Waals surface area contributed by atoms with Crippen LogP contribution in [0.3, 0.4) is 0 Å². The van der Waals surface area contributed by atoms with Gasteiger partial charge in [0.05, 0.1) is 12.0 Å². The molecule has 0 unspecified atom stereocenters. The van der Waals surface area contributed by atoms with E-state index in [9.17, 15) is 9.59 Å². The van der Waals surface area contributed by atoms with Crippen molar-refractivity contribution in [2.75, 3.05) is 18.9 Å². The molecule has 0 spiro atoms. The lowest BCUT2D eigenvalue weighted by Crippen LogP contribution is -2.40. The number of anilines is 1. The molecule has 1 saturated carbocycles. The Kier molecular flexibility index (Phi) is 3.98. The number of hydrogen-bond donors (Lipinski definition) is 1. The normalized spacial score (nSPS) is 23.0. The zero-order valence-corrected chi connectivity index (χ0v) is 12.8. The second kappa shape index (κ2) is 5.26. The molecule has 1 aromatic carbocycles. The minimum absolute atomic E-state index is 0.0345. The number of carbonyl (C=O) groups is 2. The fourth-order valence-electron chi connectivity index (χ4n) is 2.06. The molecule has 1 aromatic rings. The molecule has 1 atom stereocenters. The van der Waals surface area contributed by atoms with Crippen LogP contribution in [0.5, 0.6) is 0 Å². The Balaban J connectivity index is 1.90.